The van der Waals surface area contributed by atoms with Crippen LogP contribution in [0.4, 0.5) is 38.5 Å². The number of nitrogens with one attached hydrogen (secondary N) is 5. The van der Waals surface area contributed by atoms with E-state index in [-0.39, 0.29) is 89.6 Å². The molecule has 23 nitrogen and oxygen atoms in total. The van der Waals surface area contributed by atoms with Crippen LogP contribution in [-0.2, 0) is 74.0 Å². The van der Waals surface area contributed by atoms with Gasteiger partial charge in [-0.15, -0.1) is 19.7 Å². The second-order valence-corrected chi connectivity index (χ2v) is 22.1. The number of phosphoric ester groups is 1. The lowest BCUT2D eigenvalue weighted by Gasteiger charge is -2.16. The Bertz CT molecular complexity index is 3430. The van der Waals surface area contributed by atoms with Crippen LogP contribution in [0.1, 0.15) is 79.5 Å². The van der Waals surface area contributed by atoms with Crippen LogP contribution < -0.4 is 21.3 Å². The van der Waals surface area contributed by atoms with Gasteiger partial charge >= 0.3 is 27.6 Å². The number of alkyl halides is 1. The van der Waals surface area contributed by atoms with Gasteiger partial charge in [-0.2, -0.15) is 10.2 Å². The molecular formula is C52H53Cl3F4N10O13P2. The number of carbonyl (C=O) groups is 4. The molecule has 84 heavy (non-hydrogen) atoms. The number of rotatable bonds is 24. The average molecular weight is 1270 g/mol. The number of nitrogens with zero attached hydrogens (tertiary/aromatic N) is 5. The molecule has 0 fully saturated rings. The van der Waals surface area contributed by atoms with E-state index in [1.54, 1.807) is 0 Å². The van der Waals surface area contributed by atoms with Gasteiger partial charge in [0.25, 0.3) is 11.8 Å². The quantitative estimate of drug-likeness (QED) is 0.0163. The van der Waals surface area contributed by atoms with Gasteiger partial charge in [0.15, 0.2) is 24.9 Å². The molecule has 8 rings (SSSR count). The summed E-state index contributed by atoms with van der Waals surface area (Å²) in [4.78, 5) is 58.0. The number of fused-ring (bicyclic) bond motifs is 2. The van der Waals surface area contributed by atoms with Crippen molar-refractivity contribution in [1.82, 2.24) is 40.6 Å². The van der Waals surface area contributed by atoms with Gasteiger partial charge < -0.3 is 35.3 Å². The number of amides is 4. The lowest BCUT2D eigenvalue weighted by atomic mass is 10.0. The topological polar surface area (TPSA) is 287 Å². The fraction of sp³-hybridized carbons (Fsp3) is 0.269. The first-order valence-corrected chi connectivity index (χ1v) is 29.4. The van der Waals surface area contributed by atoms with Gasteiger partial charge in [0.2, 0.25) is 0 Å². The highest BCUT2D eigenvalue weighted by Gasteiger charge is 2.33. The third-order valence-corrected chi connectivity index (χ3v) is 15.0. The van der Waals surface area contributed by atoms with Crippen LogP contribution in [0, 0.1) is 23.3 Å². The first-order valence-electron chi connectivity index (χ1n) is 24.7. The molecule has 4 aromatic carbocycles. The summed E-state index contributed by atoms with van der Waals surface area (Å²) in [7, 11) is -6.83. The number of anilines is 2. The van der Waals surface area contributed by atoms with E-state index in [2.05, 4.69) is 70.8 Å². The SMILES string of the molecule is C=CCOP(=O)(OCCl)OCC=C.C=CCOP(C)(=O)OCn1cnc(COC(=O)N[C@H]2CCc3c(C(=O)Nc4ccc(F)c(Cl)c4)ccc(F)c32)n1.O=C(N[C@H]1CCc2c(C(=O)Nc3ccc(F)c(Cl)c3)ccc(F)c21)OCc1ncn[nH]1. The molecule has 4 amide bonds. The zero-order valence-electron chi connectivity index (χ0n) is 44.3. The number of phosphoric acid groups is 1. The largest absolute Gasteiger partial charge is 0.476 e. The fourth-order valence-electron chi connectivity index (χ4n) is 7.93. The van der Waals surface area contributed by atoms with E-state index in [0.29, 0.717) is 48.3 Å². The van der Waals surface area contributed by atoms with Crippen molar-refractivity contribution >= 4 is 85.6 Å². The highest BCUT2D eigenvalue weighted by molar-refractivity contribution is 7.52. The lowest BCUT2D eigenvalue weighted by molar-refractivity contribution is 0.101. The van der Waals surface area contributed by atoms with Crippen molar-refractivity contribution in [2.24, 2.45) is 0 Å². The van der Waals surface area contributed by atoms with Gasteiger partial charge in [-0.25, -0.2) is 46.4 Å². The third kappa shape index (κ3) is 19.1. The number of alkyl carbamates (subject to hydrolysis) is 2. The number of H-pyrrole nitrogens is 1. The maximum absolute atomic E-state index is 14.8. The number of aromatic nitrogens is 6. The average Bonchev–Trinajstić information content (AvgIpc) is 3.76. The predicted molar refractivity (Wildman–Crippen MR) is 299 cm³/mol. The molecule has 0 bridgehead atoms. The minimum absolute atomic E-state index is 0.0640. The molecule has 0 radical (unpaired) electrons. The van der Waals surface area contributed by atoms with Crippen LogP contribution in [0.3, 0.4) is 0 Å². The maximum atomic E-state index is 14.8. The molecule has 32 heteroatoms. The van der Waals surface area contributed by atoms with E-state index in [4.69, 9.17) is 62.4 Å². The van der Waals surface area contributed by atoms with E-state index in [1.807, 2.05) is 0 Å². The number of benzene rings is 4. The van der Waals surface area contributed by atoms with Crippen molar-refractivity contribution in [2.45, 2.75) is 57.7 Å². The van der Waals surface area contributed by atoms with Crippen LogP contribution >= 0.6 is 50.2 Å². The van der Waals surface area contributed by atoms with Crippen molar-refractivity contribution in [3.63, 3.8) is 0 Å². The minimum Gasteiger partial charge on any atom is -0.441 e. The number of halogens is 7. The predicted octanol–water partition coefficient (Wildman–Crippen LogP) is 12.0. The highest BCUT2D eigenvalue weighted by Crippen LogP contribution is 2.49. The minimum atomic E-state index is -3.53. The Morgan fingerprint density at radius 2 is 1.18 bits per heavy atom. The smallest absolute Gasteiger partial charge is 0.441 e. The van der Waals surface area contributed by atoms with E-state index in [0.717, 1.165) is 18.2 Å². The zero-order valence-corrected chi connectivity index (χ0v) is 48.4. The van der Waals surface area contributed by atoms with Crippen LogP contribution in [0.2, 0.25) is 10.0 Å². The van der Waals surface area contributed by atoms with Crippen LogP contribution in [0.15, 0.2) is 111 Å². The van der Waals surface area contributed by atoms with Crippen molar-refractivity contribution in [2.75, 3.05) is 43.2 Å². The van der Waals surface area contributed by atoms with Gasteiger partial charge in [-0.05, 0) is 97.5 Å². The Balaban J connectivity index is 0.000000227. The number of hydrogen-bond donors (Lipinski definition) is 5. The van der Waals surface area contributed by atoms with Crippen molar-refractivity contribution < 1.29 is 78.0 Å². The Hall–Kier alpha value is -7.29. The molecule has 2 heterocycles. The highest BCUT2D eigenvalue weighted by atomic mass is 35.5. The molecule has 5 N–H and O–H groups in total. The molecule has 0 saturated carbocycles. The van der Waals surface area contributed by atoms with Gasteiger partial charge in [0.05, 0.1) is 41.9 Å². The maximum Gasteiger partial charge on any atom is 0.476 e. The first-order chi connectivity index (χ1) is 40.2. The molecule has 6 aromatic rings. The van der Waals surface area contributed by atoms with Crippen molar-refractivity contribution in [1.29, 1.82) is 0 Å². The Kier molecular flexibility index (Phi) is 24.7. The van der Waals surface area contributed by atoms with Crippen LogP contribution in [0.5, 0.6) is 0 Å². The molecule has 3 atom stereocenters. The summed E-state index contributed by atoms with van der Waals surface area (Å²) in [6, 6.07) is 10.9. The summed E-state index contributed by atoms with van der Waals surface area (Å²) in [6.07, 6.45) is 6.76. The van der Waals surface area contributed by atoms with E-state index >= 15 is 0 Å². The fourth-order valence-corrected chi connectivity index (χ4v) is 10.3. The normalized spacial score (nSPS) is 14.6. The van der Waals surface area contributed by atoms with E-state index < -0.39 is 74.8 Å². The summed E-state index contributed by atoms with van der Waals surface area (Å²) >= 11 is 16.8. The van der Waals surface area contributed by atoms with E-state index in [1.165, 1.54) is 84.7 Å². The number of ether oxygens (including phenoxy) is 2. The Morgan fingerprint density at radius 1 is 0.690 bits per heavy atom. The molecule has 0 aliphatic heterocycles. The van der Waals surface area contributed by atoms with Crippen LogP contribution in [0.25, 0.3) is 0 Å². The van der Waals surface area contributed by atoms with Gasteiger partial charge in [0.1, 0.15) is 48.7 Å². The summed E-state index contributed by atoms with van der Waals surface area (Å²) in [5.41, 5.74) is 2.42. The first kappa shape index (κ1) is 65.9. The van der Waals surface area contributed by atoms with Crippen molar-refractivity contribution in [3.8, 4) is 0 Å². The molecule has 448 valence electrons. The van der Waals surface area contributed by atoms with Gasteiger partial charge in [-0.3, -0.25) is 37.3 Å². The van der Waals surface area contributed by atoms with Gasteiger partial charge in [0, 0.05) is 40.3 Å². The number of hydrogen-bond acceptors (Lipinski definition) is 17. The third-order valence-electron chi connectivity index (χ3n) is 11.6. The molecule has 0 saturated heterocycles. The molecule has 2 aliphatic carbocycles. The second-order valence-electron chi connectivity index (χ2n) is 17.4. The Labute approximate surface area is 492 Å². The molecular weight excluding hydrogens is 1220 g/mol. The van der Waals surface area contributed by atoms with E-state index in [9.17, 15) is 45.9 Å². The summed E-state index contributed by atoms with van der Waals surface area (Å²) in [5, 5.41) is 20.5. The summed E-state index contributed by atoms with van der Waals surface area (Å²) in [5.74, 6) is -2.85. The number of aromatic amines is 1. The molecule has 2 aromatic heterocycles. The molecule has 1 unspecified atom stereocenters. The zero-order chi connectivity index (χ0) is 61.0. The Morgan fingerprint density at radius 3 is 1.64 bits per heavy atom. The standard InChI is InChI=1S/C25H25ClF2N5O6P.C20H16ClF2N5O3.C7H12ClO4P/c1-3-10-38-40(2,36)39-14-33-13-29-22(32-33)12-37-25(35)31-21-9-6-16-17(5-8-20(28)23(16)21)24(34)30-15-4-7-19(27)18(26)11-15;21-13-7-10(1-4-14(13)22)26-19(29)12-2-5-15(23)18-11(12)3-6-16(18)27-20(30)31-8-17-24-9-25-28-17;1-3-5-10-13(9,12-7-8)11-6-4-2/h3-5,7-8,11,13,21H,1,6,9-10,12,14H2,2H3,(H,30,34)(H,31,35);1-2,4-5,7,9,16H,3,6,8H2,(H,26,29)(H,27,30)(H,24,25,28);3-4H,1-2,5-7H2/t21-,40?;16-;/m00./s1. The van der Waals surface area contributed by atoms with Crippen LogP contribution in [-0.4, -0.2) is 86.5 Å². The summed E-state index contributed by atoms with van der Waals surface area (Å²) < 4.78 is 116. The number of carbonyl (C=O) groups excluding carboxylic acids is 4. The molecule has 0 spiro atoms. The van der Waals surface area contributed by atoms with Gasteiger partial charge in [-0.1, -0.05) is 53.0 Å². The molecule has 2 aliphatic rings. The monoisotopic (exact) mass is 1270 g/mol. The summed E-state index contributed by atoms with van der Waals surface area (Å²) in [6.45, 7) is 11.2. The second kappa shape index (κ2) is 31.6. The van der Waals surface area contributed by atoms with Crippen molar-refractivity contribution in [3.05, 3.63) is 190 Å². The lowest BCUT2D eigenvalue weighted by Crippen LogP contribution is -2.28.